The van der Waals surface area contributed by atoms with E-state index < -0.39 is 0 Å². The van der Waals surface area contributed by atoms with Gasteiger partial charge in [-0.25, -0.2) is 9.97 Å². The lowest BCUT2D eigenvalue weighted by Gasteiger charge is -2.07. The van der Waals surface area contributed by atoms with Gasteiger partial charge in [-0.1, -0.05) is 29.8 Å². The third-order valence-corrected chi connectivity index (χ3v) is 6.18. The van der Waals surface area contributed by atoms with Crippen molar-refractivity contribution < 1.29 is 9.53 Å². The Morgan fingerprint density at radius 1 is 1.20 bits per heavy atom. The monoisotopic (exact) mass is 455 g/mol. The zero-order valence-corrected chi connectivity index (χ0v) is 18.5. The van der Waals surface area contributed by atoms with E-state index in [9.17, 15) is 4.79 Å². The molecule has 0 spiro atoms. The predicted molar refractivity (Wildman–Crippen MR) is 121 cm³/mol. The molecule has 0 fully saturated rings. The number of amides is 1. The quantitative estimate of drug-likeness (QED) is 0.386. The number of rotatable bonds is 7. The number of hydrogen-bond acceptors (Lipinski definition) is 6. The molecule has 0 saturated carbocycles. The Kier molecular flexibility index (Phi) is 6.42. The van der Waals surface area contributed by atoms with Crippen molar-refractivity contribution in [3.8, 4) is 17.0 Å². The van der Waals surface area contributed by atoms with Crippen molar-refractivity contribution in [2.24, 2.45) is 0 Å². The Bertz CT molecular complexity index is 1140. The smallest absolute Gasteiger partial charge is 0.251 e. The van der Waals surface area contributed by atoms with Crippen LogP contribution in [0.3, 0.4) is 0 Å². The Balaban J connectivity index is 1.38. The number of aryl methyl sites for hydroxylation is 1. The molecule has 0 saturated heterocycles. The zero-order chi connectivity index (χ0) is 20.9. The molecule has 2 heterocycles. The molecule has 4 aromatic rings. The molecule has 0 radical (unpaired) electrons. The van der Waals surface area contributed by atoms with Gasteiger partial charge >= 0.3 is 0 Å². The molecule has 30 heavy (non-hydrogen) atoms. The van der Waals surface area contributed by atoms with Crippen LogP contribution in [0.15, 0.2) is 59.4 Å². The first-order valence-corrected chi connectivity index (χ1v) is 11.3. The van der Waals surface area contributed by atoms with Crippen LogP contribution in [0.25, 0.3) is 11.3 Å². The molecule has 0 aliphatic rings. The van der Waals surface area contributed by atoms with Crippen LogP contribution in [0.4, 0.5) is 0 Å². The van der Waals surface area contributed by atoms with E-state index >= 15 is 0 Å². The number of hydrogen-bond donors (Lipinski definition) is 1. The summed E-state index contributed by atoms with van der Waals surface area (Å²) in [7, 11) is 0. The number of carbonyl (C=O) groups is 1. The van der Waals surface area contributed by atoms with E-state index in [1.54, 1.807) is 35.0 Å². The highest BCUT2D eigenvalue weighted by Crippen LogP contribution is 2.28. The molecule has 2 aromatic heterocycles. The van der Waals surface area contributed by atoms with Gasteiger partial charge in [-0.3, -0.25) is 4.79 Å². The molecule has 5 nitrogen and oxygen atoms in total. The molecule has 0 atom stereocenters. The van der Waals surface area contributed by atoms with Crippen molar-refractivity contribution >= 4 is 40.2 Å². The van der Waals surface area contributed by atoms with Crippen molar-refractivity contribution in [2.45, 2.75) is 20.1 Å². The highest BCUT2D eigenvalue weighted by molar-refractivity contribution is 7.12. The first-order chi connectivity index (χ1) is 14.6. The van der Waals surface area contributed by atoms with Crippen molar-refractivity contribution in [3.05, 3.63) is 85.6 Å². The minimum Gasteiger partial charge on any atom is -0.487 e. The Morgan fingerprint density at radius 2 is 2.03 bits per heavy atom. The summed E-state index contributed by atoms with van der Waals surface area (Å²) in [6, 6.07) is 14.7. The van der Waals surface area contributed by atoms with E-state index in [0.29, 0.717) is 29.5 Å². The summed E-state index contributed by atoms with van der Waals surface area (Å²) < 4.78 is 5.72. The average molecular weight is 456 g/mol. The molecule has 1 amide bonds. The van der Waals surface area contributed by atoms with Crippen LogP contribution >= 0.6 is 34.3 Å². The van der Waals surface area contributed by atoms with Gasteiger partial charge in [0.2, 0.25) is 0 Å². The summed E-state index contributed by atoms with van der Waals surface area (Å²) in [4.78, 5) is 22.6. The van der Waals surface area contributed by atoms with Gasteiger partial charge in [-0.15, -0.1) is 22.7 Å². The number of thiazole rings is 2. The van der Waals surface area contributed by atoms with Gasteiger partial charge in [0.05, 0.1) is 23.4 Å². The maximum absolute atomic E-state index is 12.6. The van der Waals surface area contributed by atoms with E-state index in [1.807, 2.05) is 42.6 Å². The second-order valence-electron chi connectivity index (χ2n) is 6.50. The first kappa shape index (κ1) is 20.5. The van der Waals surface area contributed by atoms with Gasteiger partial charge in [-0.05, 0) is 37.3 Å². The SMILES string of the molecule is Cc1sc(CNC(=O)c2cccc(OCc3cscn3)c2)nc1-c1ccc(Cl)cc1. The van der Waals surface area contributed by atoms with Crippen molar-refractivity contribution in [3.63, 3.8) is 0 Å². The minimum absolute atomic E-state index is 0.171. The highest BCUT2D eigenvalue weighted by atomic mass is 35.5. The molecule has 0 bridgehead atoms. The summed E-state index contributed by atoms with van der Waals surface area (Å²) >= 11 is 9.06. The number of halogens is 1. The second kappa shape index (κ2) is 9.38. The topological polar surface area (TPSA) is 64.1 Å². The molecule has 1 N–H and O–H groups in total. The van der Waals surface area contributed by atoms with Gasteiger partial charge in [0, 0.05) is 26.4 Å². The maximum Gasteiger partial charge on any atom is 0.251 e. The number of benzene rings is 2. The summed E-state index contributed by atoms with van der Waals surface area (Å²) in [5.41, 5.74) is 5.10. The van der Waals surface area contributed by atoms with Gasteiger partial charge in [0.15, 0.2) is 0 Å². The van der Waals surface area contributed by atoms with Crippen molar-refractivity contribution in [1.29, 1.82) is 0 Å². The maximum atomic E-state index is 12.6. The lowest BCUT2D eigenvalue weighted by atomic mass is 10.1. The third-order valence-electron chi connectivity index (χ3n) is 4.33. The molecular formula is C22H18ClN3O2S2. The number of aromatic nitrogens is 2. The Labute approximate surface area is 187 Å². The van der Waals surface area contributed by atoms with Crippen molar-refractivity contribution in [2.75, 3.05) is 0 Å². The highest BCUT2D eigenvalue weighted by Gasteiger charge is 2.12. The van der Waals surface area contributed by atoms with E-state index in [0.717, 1.165) is 26.8 Å². The standard InChI is InChI=1S/C22H18ClN3O2S2/c1-14-21(15-5-7-17(23)8-6-15)26-20(30-14)10-24-22(27)16-3-2-4-19(9-16)28-11-18-12-29-13-25-18/h2-9,12-13H,10-11H2,1H3,(H,24,27). The van der Waals surface area contributed by atoms with Crippen LogP contribution in [0.1, 0.15) is 25.9 Å². The second-order valence-corrected chi connectivity index (χ2v) is 8.94. The number of nitrogens with one attached hydrogen (secondary N) is 1. The van der Waals surface area contributed by atoms with E-state index in [1.165, 1.54) is 11.3 Å². The number of carbonyl (C=O) groups excluding carboxylic acids is 1. The third kappa shape index (κ3) is 5.05. The van der Waals surface area contributed by atoms with Gasteiger partial charge in [0.1, 0.15) is 17.4 Å². The van der Waals surface area contributed by atoms with Gasteiger partial charge in [0.25, 0.3) is 5.91 Å². The van der Waals surface area contributed by atoms with E-state index in [-0.39, 0.29) is 5.91 Å². The first-order valence-electron chi connectivity index (χ1n) is 9.19. The van der Waals surface area contributed by atoms with Crippen LogP contribution in [0.2, 0.25) is 5.02 Å². The molecule has 0 unspecified atom stereocenters. The Hall–Kier alpha value is -2.74. The fraction of sp³-hybridized carbons (Fsp3) is 0.136. The summed E-state index contributed by atoms with van der Waals surface area (Å²) in [6.45, 7) is 2.76. The zero-order valence-electron chi connectivity index (χ0n) is 16.1. The lowest BCUT2D eigenvalue weighted by molar-refractivity contribution is 0.0950. The molecule has 152 valence electrons. The Morgan fingerprint density at radius 3 is 2.80 bits per heavy atom. The number of ether oxygens (including phenoxy) is 1. The van der Waals surface area contributed by atoms with E-state index in [2.05, 4.69) is 15.3 Å². The molecule has 0 aliphatic heterocycles. The fourth-order valence-electron chi connectivity index (χ4n) is 2.85. The van der Waals surface area contributed by atoms with Gasteiger partial charge in [-0.2, -0.15) is 0 Å². The lowest BCUT2D eigenvalue weighted by Crippen LogP contribution is -2.22. The predicted octanol–water partition coefficient (Wildman–Crippen LogP) is 5.74. The van der Waals surface area contributed by atoms with Gasteiger partial charge < -0.3 is 10.1 Å². The van der Waals surface area contributed by atoms with Crippen molar-refractivity contribution in [1.82, 2.24) is 15.3 Å². The van der Waals surface area contributed by atoms with Crippen LogP contribution < -0.4 is 10.1 Å². The number of nitrogens with zero attached hydrogens (tertiary/aromatic N) is 2. The van der Waals surface area contributed by atoms with Crippen LogP contribution in [-0.2, 0) is 13.2 Å². The van der Waals surface area contributed by atoms with Crippen LogP contribution in [-0.4, -0.2) is 15.9 Å². The minimum atomic E-state index is -0.171. The largest absolute Gasteiger partial charge is 0.487 e. The van der Waals surface area contributed by atoms with Crippen LogP contribution in [0.5, 0.6) is 5.75 Å². The molecule has 0 aliphatic carbocycles. The molecule has 4 rings (SSSR count). The molecule has 8 heteroatoms. The summed E-state index contributed by atoms with van der Waals surface area (Å²) in [5.74, 6) is 0.459. The fourth-order valence-corrected chi connectivity index (χ4v) is 4.42. The summed E-state index contributed by atoms with van der Waals surface area (Å²) in [5, 5.41) is 6.41. The molecular weight excluding hydrogens is 438 g/mol. The van der Waals surface area contributed by atoms with Crippen LogP contribution in [0, 0.1) is 6.92 Å². The summed E-state index contributed by atoms with van der Waals surface area (Å²) in [6.07, 6.45) is 0. The molecule has 2 aromatic carbocycles. The van der Waals surface area contributed by atoms with E-state index in [4.69, 9.17) is 16.3 Å². The average Bonchev–Trinajstić information content (AvgIpc) is 3.41. The normalized spacial score (nSPS) is 10.7.